The fourth-order valence-electron chi connectivity index (χ4n) is 1.93. The second-order valence-electron chi connectivity index (χ2n) is 4.37. The molecule has 0 radical (unpaired) electrons. The van der Waals surface area contributed by atoms with Gasteiger partial charge in [-0.25, -0.2) is 0 Å². The first kappa shape index (κ1) is 14.6. The molecule has 0 bridgehead atoms. The summed E-state index contributed by atoms with van der Waals surface area (Å²) in [7, 11) is 1.64. The fraction of sp³-hybridized carbons (Fsp3) is 0.188. The van der Waals surface area contributed by atoms with E-state index in [1.807, 2.05) is 24.3 Å². The predicted molar refractivity (Wildman–Crippen MR) is 82.4 cm³/mol. The summed E-state index contributed by atoms with van der Waals surface area (Å²) in [5.74, 6) is 0.798. The summed E-state index contributed by atoms with van der Waals surface area (Å²) >= 11 is 3.42. The quantitative estimate of drug-likeness (QED) is 0.910. The van der Waals surface area contributed by atoms with E-state index in [9.17, 15) is 0 Å². The molecule has 2 aromatic carbocycles. The Labute approximate surface area is 127 Å². The van der Waals surface area contributed by atoms with E-state index < -0.39 is 0 Å². The summed E-state index contributed by atoms with van der Waals surface area (Å²) in [5, 5.41) is 12.3. The van der Waals surface area contributed by atoms with Gasteiger partial charge in [-0.1, -0.05) is 28.1 Å². The lowest BCUT2D eigenvalue weighted by atomic mass is 10.1. The zero-order chi connectivity index (χ0) is 14.4. The van der Waals surface area contributed by atoms with Gasteiger partial charge in [0.25, 0.3) is 0 Å². The van der Waals surface area contributed by atoms with Gasteiger partial charge in [0.2, 0.25) is 0 Å². The van der Waals surface area contributed by atoms with Crippen molar-refractivity contribution >= 4 is 15.9 Å². The zero-order valence-electron chi connectivity index (χ0n) is 11.2. The molecule has 0 heterocycles. The summed E-state index contributed by atoms with van der Waals surface area (Å²) in [6.07, 6.45) is 0. The smallest absolute Gasteiger partial charge is 0.123 e. The van der Waals surface area contributed by atoms with Crippen molar-refractivity contribution in [1.82, 2.24) is 5.32 Å². The van der Waals surface area contributed by atoms with Crippen LogP contribution in [0.5, 0.6) is 5.75 Å². The lowest BCUT2D eigenvalue weighted by Crippen LogP contribution is -2.13. The molecule has 20 heavy (non-hydrogen) atoms. The lowest BCUT2D eigenvalue weighted by Gasteiger charge is -2.10. The minimum Gasteiger partial charge on any atom is -0.496 e. The van der Waals surface area contributed by atoms with Crippen LogP contribution in [0.4, 0.5) is 0 Å². The number of hydrogen-bond acceptors (Lipinski definition) is 3. The van der Waals surface area contributed by atoms with Gasteiger partial charge in [0.05, 0.1) is 18.7 Å². The van der Waals surface area contributed by atoms with Gasteiger partial charge < -0.3 is 10.1 Å². The zero-order valence-corrected chi connectivity index (χ0v) is 12.8. The normalized spacial score (nSPS) is 10.1. The second-order valence-corrected chi connectivity index (χ2v) is 5.28. The summed E-state index contributed by atoms with van der Waals surface area (Å²) in [6.45, 7) is 1.43. The van der Waals surface area contributed by atoms with Crippen LogP contribution in [-0.4, -0.2) is 7.11 Å². The standard InChI is InChI=1S/C16H15BrN2O/c1-20-16-7-4-13(9-18)8-14(16)11-19-10-12-2-5-15(17)6-3-12/h2-8,19H,10-11H2,1H3. The van der Waals surface area contributed by atoms with Crippen LogP contribution in [0.3, 0.4) is 0 Å². The summed E-state index contributed by atoms with van der Waals surface area (Å²) in [4.78, 5) is 0. The summed E-state index contributed by atoms with van der Waals surface area (Å²) in [6, 6.07) is 15.8. The third-order valence-electron chi connectivity index (χ3n) is 2.97. The fourth-order valence-corrected chi connectivity index (χ4v) is 2.19. The Morgan fingerprint density at radius 2 is 1.90 bits per heavy atom. The van der Waals surface area contributed by atoms with Crippen LogP contribution >= 0.6 is 15.9 Å². The molecule has 0 amide bonds. The number of methoxy groups -OCH3 is 1. The van der Waals surface area contributed by atoms with Gasteiger partial charge in [-0.15, -0.1) is 0 Å². The molecule has 0 saturated heterocycles. The van der Waals surface area contributed by atoms with Gasteiger partial charge >= 0.3 is 0 Å². The Hall–Kier alpha value is -1.83. The van der Waals surface area contributed by atoms with E-state index in [-0.39, 0.29) is 0 Å². The maximum Gasteiger partial charge on any atom is 0.123 e. The monoisotopic (exact) mass is 330 g/mol. The Kier molecular flexibility index (Phi) is 5.16. The first-order chi connectivity index (χ1) is 9.72. The molecule has 0 aliphatic heterocycles. The van der Waals surface area contributed by atoms with Crippen molar-refractivity contribution in [3.63, 3.8) is 0 Å². The van der Waals surface area contributed by atoms with Crippen molar-refractivity contribution in [3.05, 3.63) is 63.6 Å². The molecule has 3 nitrogen and oxygen atoms in total. The molecule has 2 rings (SSSR count). The van der Waals surface area contributed by atoms with Crippen molar-refractivity contribution in [2.24, 2.45) is 0 Å². The van der Waals surface area contributed by atoms with Gasteiger partial charge in [0.1, 0.15) is 5.75 Å². The van der Waals surface area contributed by atoms with E-state index in [0.29, 0.717) is 12.1 Å². The van der Waals surface area contributed by atoms with E-state index in [1.165, 1.54) is 5.56 Å². The van der Waals surface area contributed by atoms with Crippen LogP contribution in [0.15, 0.2) is 46.9 Å². The van der Waals surface area contributed by atoms with Crippen LogP contribution in [0.1, 0.15) is 16.7 Å². The molecule has 0 spiro atoms. The number of nitriles is 1. The van der Waals surface area contributed by atoms with E-state index in [2.05, 4.69) is 39.4 Å². The number of ether oxygens (including phenoxy) is 1. The van der Waals surface area contributed by atoms with Crippen LogP contribution in [0, 0.1) is 11.3 Å². The molecule has 102 valence electrons. The Balaban J connectivity index is 2.00. The number of nitrogens with zero attached hydrogens (tertiary/aromatic N) is 1. The number of benzene rings is 2. The molecular formula is C16H15BrN2O. The highest BCUT2D eigenvalue weighted by Crippen LogP contribution is 2.19. The average Bonchev–Trinajstić information content (AvgIpc) is 2.49. The summed E-state index contributed by atoms with van der Waals surface area (Å²) in [5.41, 5.74) is 2.85. The third-order valence-corrected chi connectivity index (χ3v) is 3.50. The number of hydrogen-bond donors (Lipinski definition) is 1. The first-order valence-electron chi connectivity index (χ1n) is 6.25. The third kappa shape index (κ3) is 3.83. The molecule has 0 fully saturated rings. The maximum atomic E-state index is 8.94. The van der Waals surface area contributed by atoms with Crippen LogP contribution in [0.25, 0.3) is 0 Å². The van der Waals surface area contributed by atoms with Gasteiger partial charge in [0, 0.05) is 23.1 Å². The molecular weight excluding hydrogens is 316 g/mol. The van der Waals surface area contributed by atoms with Gasteiger partial charge in [-0.05, 0) is 35.9 Å². The van der Waals surface area contributed by atoms with E-state index in [1.54, 1.807) is 13.2 Å². The minimum absolute atomic E-state index is 0.645. The predicted octanol–water partition coefficient (Wildman–Crippen LogP) is 3.62. The first-order valence-corrected chi connectivity index (χ1v) is 7.04. The van der Waals surface area contributed by atoms with Gasteiger partial charge in [0.15, 0.2) is 0 Å². The molecule has 1 N–H and O–H groups in total. The molecule has 2 aromatic rings. The van der Waals surface area contributed by atoms with Gasteiger partial charge in [-0.3, -0.25) is 0 Å². The molecule has 4 heteroatoms. The largest absolute Gasteiger partial charge is 0.496 e. The topological polar surface area (TPSA) is 45.0 Å². The SMILES string of the molecule is COc1ccc(C#N)cc1CNCc1ccc(Br)cc1. The van der Waals surface area contributed by atoms with Crippen molar-refractivity contribution in [1.29, 1.82) is 5.26 Å². The molecule has 0 atom stereocenters. The lowest BCUT2D eigenvalue weighted by molar-refractivity contribution is 0.407. The highest BCUT2D eigenvalue weighted by molar-refractivity contribution is 9.10. The van der Waals surface area contributed by atoms with Crippen molar-refractivity contribution in [2.75, 3.05) is 7.11 Å². The van der Waals surface area contributed by atoms with E-state index in [0.717, 1.165) is 22.3 Å². The molecule has 0 unspecified atom stereocenters. The maximum absolute atomic E-state index is 8.94. The van der Waals surface area contributed by atoms with Gasteiger partial charge in [-0.2, -0.15) is 5.26 Å². The molecule has 0 aromatic heterocycles. The van der Waals surface area contributed by atoms with Crippen molar-refractivity contribution in [3.8, 4) is 11.8 Å². The van der Waals surface area contributed by atoms with Crippen LogP contribution < -0.4 is 10.1 Å². The second kappa shape index (κ2) is 7.09. The average molecular weight is 331 g/mol. The Morgan fingerprint density at radius 3 is 2.55 bits per heavy atom. The van der Waals surface area contributed by atoms with E-state index >= 15 is 0 Å². The summed E-state index contributed by atoms with van der Waals surface area (Å²) < 4.78 is 6.38. The van der Waals surface area contributed by atoms with E-state index in [4.69, 9.17) is 10.00 Å². The minimum atomic E-state index is 0.645. The Morgan fingerprint density at radius 1 is 1.15 bits per heavy atom. The highest BCUT2D eigenvalue weighted by atomic mass is 79.9. The van der Waals surface area contributed by atoms with Crippen LogP contribution in [0.2, 0.25) is 0 Å². The molecule has 0 aliphatic carbocycles. The number of nitrogens with one attached hydrogen (secondary N) is 1. The molecule has 0 aliphatic rings. The van der Waals surface area contributed by atoms with Crippen molar-refractivity contribution in [2.45, 2.75) is 13.1 Å². The van der Waals surface area contributed by atoms with Crippen LogP contribution in [-0.2, 0) is 13.1 Å². The Bertz CT molecular complexity index is 617. The number of rotatable bonds is 5. The van der Waals surface area contributed by atoms with Crippen molar-refractivity contribution < 1.29 is 4.74 Å². The number of halogens is 1. The highest BCUT2D eigenvalue weighted by Gasteiger charge is 2.04. The molecule has 0 saturated carbocycles.